The Morgan fingerprint density at radius 2 is 1.70 bits per heavy atom. The first-order valence-electron chi connectivity index (χ1n) is 11.1. The minimum atomic E-state index is 0.582. The van der Waals surface area contributed by atoms with Crippen LogP contribution in [0.25, 0.3) is 22.4 Å². The quantitative estimate of drug-likeness (QED) is 0.401. The number of aromatic amines is 1. The number of hydrogen-bond acceptors (Lipinski definition) is 7. The molecule has 33 heavy (non-hydrogen) atoms. The van der Waals surface area contributed by atoms with Gasteiger partial charge in [0.1, 0.15) is 22.8 Å². The average molecular weight is 445 g/mol. The molecule has 3 N–H and O–H groups in total. The summed E-state index contributed by atoms with van der Waals surface area (Å²) in [6, 6.07) is 16.5. The zero-order valence-corrected chi connectivity index (χ0v) is 18.9. The zero-order chi connectivity index (χ0) is 22.6. The first-order valence-corrected chi connectivity index (χ1v) is 11.1. The van der Waals surface area contributed by atoms with Gasteiger partial charge in [-0.15, -0.1) is 0 Å². The van der Waals surface area contributed by atoms with E-state index in [9.17, 15) is 0 Å². The highest BCUT2D eigenvalue weighted by atomic mass is 16.5. The summed E-state index contributed by atoms with van der Waals surface area (Å²) in [6.07, 6.45) is 1.74. The van der Waals surface area contributed by atoms with E-state index in [2.05, 4.69) is 49.8 Å². The summed E-state index contributed by atoms with van der Waals surface area (Å²) in [5.41, 5.74) is 6.01. The van der Waals surface area contributed by atoms with Gasteiger partial charge in [0.25, 0.3) is 0 Å². The Labute approximate surface area is 193 Å². The minimum absolute atomic E-state index is 0.582. The van der Waals surface area contributed by atoms with Crippen LogP contribution in [-0.4, -0.2) is 55.4 Å². The molecule has 170 valence electrons. The number of ether oxygens (including phenoxy) is 2. The van der Waals surface area contributed by atoms with Gasteiger partial charge < -0.3 is 30.0 Å². The van der Waals surface area contributed by atoms with Gasteiger partial charge in [0.2, 0.25) is 0 Å². The standard InChI is InChI=1S/C25H28N6O2/c1-32-20-11-17(12-21(13-20)33-2)15-27-24-16-28-25-23(29-24)14-22(30-25)18-3-5-19(6-4-18)31-9-7-26-8-10-31/h3-6,11-14,16,26H,7-10,15H2,1-2H3,(H,27,29)(H,28,30). The van der Waals surface area contributed by atoms with E-state index in [1.54, 1.807) is 20.4 Å². The second-order valence-corrected chi connectivity index (χ2v) is 8.03. The highest BCUT2D eigenvalue weighted by Gasteiger charge is 2.12. The van der Waals surface area contributed by atoms with Crippen molar-refractivity contribution in [3.63, 3.8) is 0 Å². The van der Waals surface area contributed by atoms with Gasteiger partial charge in [0.05, 0.1) is 20.4 Å². The second-order valence-electron chi connectivity index (χ2n) is 8.03. The van der Waals surface area contributed by atoms with Crippen LogP contribution in [-0.2, 0) is 6.54 Å². The average Bonchev–Trinajstić information content (AvgIpc) is 3.31. The molecule has 1 saturated heterocycles. The Balaban J connectivity index is 1.31. The van der Waals surface area contributed by atoms with Crippen LogP contribution in [0.3, 0.4) is 0 Å². The first-order chi connectivity index (χ1) is 16.2. The monoisotopic (exact) mass is 444 g/mol. The number of nitrogens with zero attached hydrogens (tertiary/aromatic N) is 3. The highest BCUT2D eigenvalue weighted by Crippen LogP contribution is 2.26. The van der Waals surface area contributed by atoms with Gasteiger partial charge in [-0.1, -0.05) is 12.1 Å². The maximum absolute atomic E-state index is 5.35. The normalized spacial score (nSPS) is 13.8. The zero-order valence-electron chi connectivity index (χ0n) is 18.9. The van der Waals surface area contributed by atoms with Crippen LogP contribution in [0, 0.1) is 0 Å². The largest absolute Gasteiger partial charge is 0.497 e. The summed E-state index contributed by atoms with van der Waals surface area (Å²) in [5.74, 6) is 2.22. The van der Waals surface area contributed by atoms with Gasteiger partial charge in [-0.2, -0.15) is 0 Å². The van der Waals surface area contributed by atoms with E-state index in [1.807, 2.05) is 24.3 Å². The fraction of sp³-hybridized carbons (Fsp3) is 0.280. The Bertz CT molecular complexity index is 1210. The van der Waals surface area contributed by atoms with Gasteiger partial charge in [0, 0.05) is 50.2 Å². The van der Waals surface area contributed by atoms with E-state index >= 15 is 0 Å². The number of fused-ring (bicyclic) bond motifs is 1. The Kier molecular flexibility index (Phi) is 5.99. The van der Waals surface area contributed by atoms with Crippen molar-refractivity contribution in [2.24, 2.45) is 0 Å². The van der Waals surface area contributed by atoms with Crippen LogP contribution in [0.1, 0.15) is 5.56 Å². The molecule has 8 nitrogen and oxygen atoms in total. The van der Waals surface area contributed by atoms with E-state index < -0.39 is 0 Å². The number of aromatic nitrogens is 3. The van der Waals surface area contributed by atoms with Crippen molar-refractivity contribution in [3.05, 3.63) is 60.3 Å². The van der Waals surface area contributed by atoms with Gasteiger partial charge in [-0.25, -0.2) is 9.97 Å². The number of rotatable bonds is 7. The molecule has 1 aliphatic heterocycles. The molecule has 1 fully saturated rings. The molecule has 8 heteroatoms. The van der Waals surface area contributed by atoms with Crippen LogP contribution >= 0.6 is 0 Å². The highest BCUT2D eigenvalue weighted by molar-refractivity contribution is 5.81. The van der Waals surface area contributed by atoms with Crippen molar-refractivity contribution in [3.8, 4) is 22.8 Å². The van der Waals surface area contributed by atoms with Gasteiger partial charge >= 0.3 is 0 Å². The summed E-state index contributed by atoms with van der Waals surface area (Å²) in [5, 5.41) is 6.73. The Morgan fingerprint density at radius 1 is 0.970 bits per heavy atom. The third kappa shape index (κ3) is 4.70. The number of benzene rings is 2. The molecule has 1 aliphatic rings. The molecule has 4 aromatic rings. The van der Waals surface area contributed by atoms with Crippen molar-refractivity contribution >= 4 is 22.7 Å². The van der Waals surface area contributed by atoms with Crippen LogP contribution in [0.15, 0.2) is 54.7 Å². The number of anilines is 2. The molecule has 0 atom stereocenters. The van der Waals surface area contributed by atoms with Crippen LogP contribution in [0.4, 0.5) is 11.5 Å². The predicted octanol–water partition coefficient (Wildman–Crippen LogP) is 3.66. The van der Waals surface area contributed by atoms with E-state index in [-0.39, 0.29) is 0 Å². The van der Waals surface area contributed by atoms with Crippen molar-refractivity contribution < 1.29 is 9.47 Å². The molecule has 0 spiro atoms. The Morgan fingerprint density at radius 3 is 2.39 bits per heavy atom. The fourth-order valence-corrected chi connectivity index (χ4v) is 4.08. The molecular formula is C25H28N6O2. The van der Waals surface area contributed by atoms with Crippen molar-refractivity contribution in [1.29, 1.82) is 0 Å². The van der Waals surface area contributed by atoms with Crippen molar-refractivity contribution in [1.82, 2.24) is 20.3 Å². The number of piperazine rings is 1. The van der Waals surface area contributed by atoms with E-state index in [1.165, 1.54) is 5.69 Å². The smallest absolute Gasteiger partial charge is 0.156 e. The second kappa shape index (κ2) is 9.38. The number of H-pyrrole nitrogens is 1. The number of methoxy groups -OCH3 is 2. The van der Waals surface area contributed by atoms with E-state index in [0.717, 1.165) is 65.7 Å². The fourth-order valence-electron chi connectivity index (χ4n) is 4.08. The maximum atomic E-state index is 5.35. The lowest BCUT2D eigenvalue weighted by molar-refractivity contribution is 0.393. The third-order valence-corrected chi connectivity index (χ3v) is 5.88. The van der Waals surface area contributed by atoms with Gasteiger partial charge in [0.15, 0.2) is 5.65 Å². The lowest BCUT2D eigenvalue weighted by Crippen LogP contribution is -2.43. The SMILES string of the molecule is COc1cc(CNc2cnc3[nH]c(-c4ccc(N5CCNCC5)cc4)cc3n2)cc(OC)c1. The number of hydrogen-bond donors (Lipinski definition) is 3. The van der Waals surface area contributed by atoms with Crippen LogP contribution < -0.4 is 25.0 Å². The summed E-state index contributed by atoms with van der Waals surface area (Å²) >= 11 is 0. The lowest BCUT2D eigenvalue weighted by atomic mass is 10.1. The topological polar surface area (TPSA) is 87.3 Å². The molecule has 2 aromatic carbocycles. The molecule has 0 aliphatic carbocycles. The molecule has 0 unspecified atom stereocenters. The summed E-state index contributed by atoms with van der Waals surface area (Å²) in [4.78, 5) is 15.1. The molecule has 0 amide bonds. The Hall–Kier alpha value is -3.78. The van der Waals surface area contributed by atoms with Crippen molar-refractivity contribution in [2.75, 3.05) is 50.6 Å². The van der Waals surface area contributed by atoms with Crippen molar-refractivity contribution in [2.45, 2.75) is 6.54 Å². The molecule has 2 aromatic heterocycles. The van der Waals surface area contributed by atoms with Crippen LogP contribution in [0.2, 0.25) is 0 Å². The van der Waals surface area contributed by atoms with E-state index in [4.69, 9.17) is 14.5 Å². The summed E-state index contributed by atoms with van der Waals surface area (Å²) in [7, 11) is 3.29. The van der Waals surface area contributed by atoms with Crippen LogP contribution in [0.5, 0.6) is 11.5 Å². The summed E-state index contributed by atoms with van der Waals surface area (Å²) in [6.45, 7) is 4.72. The molecule has 5 rings (SSSR count). The van der Waals surface area contributed by atoms with Gasteiger partial charge in [-0.05, 0) is 41.5 Å². The molecule has 3 heterocycles. The van der Waals surface area contributed by atoms with E-state index in [0.29, 0.717) is 12.4 Å². The molecule has 0 radical (unpaired) electrons. The third-order valence-electron chi connectivity index (χ3n) is 5.88. The molecule has 0 saturated carbocycles. The minimum Gasteiger partial charge on any atom is -0.497 e. The maximum Gasteiger partial charge on any atom is 0.156 e. The molecule has 0 bridgehead atoms. The molecular weight excluding hydrogens is 416 g/mol. The number of nitrogens with one attached hydrogen (secondary N) is 3. The summed E-state index contributed by atoms with van der Waals surface area (Å²) < 4.78 is 10.7. The van der Waals surface area contributed by atoms with Gasteiger partial charge in [-0.3, -0.25) is 0 Å². The lowest BCUT2D eigenvalue weighted by Gasteiger charge is -2.29. The first kappa shape index (κ1) is 21.1. The predicted molar refractivity (Wildman–Crippen MR) is 131 cm³/mol.